The van der Waals surface area contributed by atoms with Crippen LogP contribution in [0.4, 0.5) is 4.39 Å². The first-order chi connectivity index (χ1) is 11.1. The summed E-state index contributed by atoms with van der Waals surface area (Å²) in [5.41, 5.74) is 7.27. The smallest absolute Gasteiger partial charge is 0.170 e. The van der Waals surface area contributed by atoms with E-state index in [4.69, 9.17) is 10.5 Å². The lowest BCUT2D eigenvalue weighted by Crippen LogP contribution is -2.41. The molecule has 0 amide bonds. The molecule has 1 aliphatic carbocycles. The highest BCUT2D eigenvalue weighted by Gasteiger charge is 2.45. The number of rotatable bonds is 2. The first-order valence-electron chi connectivity index (χ1n) is 7.63. The number of nitriles is 1. The number of methoxy groups -OCH3 is 1. The largest absolute Gasteiger partial charge is 0.405 e. The van der Waals surface area contributed by atoms with Crippen LogP contribution in [0.5, 0.6) is 0 Å². The molecule has 0 bridgehead atoms. The average Bonchev–Trinajstić information content (AvgIpc) is 2.96. The number of fused-ring (bicyclic) bond motifs is 1. The maximum atomic E-state index is 14.2. The highest BCUT2D eigenvalue weighted by atomic mass is 19.1. The molecule has 3 N–H and O–H groups in total. The number of aromatic nitrogens is 2. The van der Waals surface area contributed by atoms with Crippen molar-refractivity contribution in [1.82, 2.24) is 10.2 Å². The third-order valence-corrected chi connectivity index (χ3v) is 4.91. The van der Waals surface area contributed by atoms with Gasteiger partial charge in [-0.25, -0.2) is 4.39 Å². The van der Waals surface area contributed by atoms with Gasteiger partial charge in [-0.1, -0.05) is 6.92 Å². The Morgan fingerprint density at radius 1 is 1.57 bits per heavy atom. The summed E-state index contributed by atoms with van der Waals surface area (Å²) in [6.45, 7) is 2.06. The first-order valence-corrected chi connectivity index (χ1v) is 7.63. The highest BCUT2D eigenvalue weighted by Crippen LogP contribution is 2.49. The number of nitrogens with two attached hydrogens (primary N) is 1. The number of nitrogens with zero attached hydrogens (tertiary/aromatic N) is 2. The fourth-order valence-electron chi connectivity index (χ4n) is 3.89. The molecule has 1 saturated carbocycles. The molecule has 1 aliphatic rings. The van der Waals surface area contributed by atoms with Crippen LogP contribution in [0.15, 0.2) is 23.9 Å². The molecule has 0 saturated heterocycles. The van der Waals surface area contributed by atoms with Crippen LogP contribution >= 0.6 is 0 Å². The number of hydrogen-bond donors (Lipinski definition) is 2. The molecule has 3 rings (SSSR count). The summed E-state index contributed by atoms with van der Waals surface area (Å²) >= 11 is 0. The van der Waals surface area contributed by atoms with Gasteiger partial charge in [0.25, 0.3) is 0 Å². The average molecular weight is 314 g/mol. The maximum absolute atomic E-state index is 14.2. The van der Waals surface area contributed by atoms with Crippen molar-refractivity contribution < 1.29 is 9.13 Å². The fraction of sp³-hybridized carbons (Fsp3) is 0.412. The molecule has 6 heteroatoms. The Kier molecular flexibility index (Phi) is 3.82. The predicted octanol–water partition coefficient (Wildman–Crippen LogP) is 3.08. The molecule has 0 aliphatic heterocycles. The Labute approximate surface area is 133 Å². The molecule has 1 heterocycles. The topological polar surface area (TPSA) is 87.7 Å². The van der Waals surface area contributed by atoms with Crippen LogP contribution in [-0.4, -0.2) is 17.3 Å². The molecule has 2 aromatic rings. The summed E-state index contributed by atoms with van der Waals surface area (Å²) < 4.78 is 20.1. The van der Waals surface area contributed by atoms with E-state index in [1.165, 1.54) is 12.1 Å². The van der Waals surface area contributed by atoms with E-state index < -0.39 is 11.4 Å². The summed E-state index contributed by atoms with van der Waals surface area (Å²) in [6.07, 6.45) is 4.28. The van der Waals surface area contributed by atoms with Crippen LogP contribution in [0.1, 0.15) is 37.4 Å². The van der Waals surface area contributed by atoms with E-state index in [0.717, 1.165) is 24.8 Å². The van der Waals surface area contributed by atoms with Crippen molar-refractivity contribution in [3.8, 4) is 6.07 Å². The SMILES string of the molecule is COC1(c2cc(F)cc3[nH]nc(C#N)c23)/C(=C/N)CCCC1C. The lowest BCUT2D eigenvalue weighted by molar-refractivity contribution is -0.0421. The van der Waals surface area contributed by atoms with Crippen LogP contribution in [0.25, 0.3) is 10.9 Å². The maximum Gasteiger partial charge on any atom is 0.170 e. The summed E-state index contributed by atoms with van der Waals surface area (Å²) in [6, 6.07) is 4.85. The van der Waals surface area contributed by atoms with Gasteiger partial charge in [-0.05, 0) is 49.1 Å². The Balaban J connectivity index is 2.40. The third-order valence-electron chi connectivity index (χ3n) is 4.91. The van der Waals surface area contributed by atoms with Gasteiger partial charge in [-0.15, -0.1) is 0 Å². The van der Waals surface area contributed by atoms with E-state index in [1.54, 1.807) is 13.3 Å². The van der Waals surface area contributed by atoms with Crippen LogP contribution in [-0.2, 0) is 10.3 Å². The molecule has 5 nitrogen and oxygen atoms in total. The van der Waals surface area contributed by atoms with Gasteiger partial charge in [0.1, 0.15) is 17.5 Å². The molecular weight excluding hydrogens is 295 g/mol. The second-order valence-corrected chi connectivity index (χ2v) is 5.98. The predicted molar refractivity (Wildman–Crippen MR) is 84.7 cm³/mol. The lowest BCUT2D eigenvalue weighted by Gasteiger charge is -2.44. The Morgan fingerprint density at radius 3 is 3.00 bits per heavy atom. The number of nitrogens with one attached hydrogen (secondary N) is 1. The van der Waals surface area contributed by atoms with Gasteiger partial charge < -0.3 is 10.5 Å². The Morgan fingerprint density at radius 2 is 2.35 bits per heavy atom. The summed E-state index contributed by atoms with van der Waals surface area (Å²) in [5.74, 6) is -0.297. The second kappa shape index (κ2) is 5.67. The van der Waals surface area contributed by atoms with E-state index in [1.807, 2.05) is 0 Å². The van der Waals surface area contributed by atoms with Crippen LogP contribution in [0.2, 0.25) is 0 Å². The molecule has 0 radical (unpaired) electrons. The quantitative estimate of drug-likeness (QED) is 0.891. The highest BCUT2D eigenvalue weighted by molar-refractivity contribution is 5.88. The fourth-order valence-corrected chi connectivity index (χ4v) is 3.89. The van der Waals surface area contributed by atoms with E-state index in [-0.39, 0.29) is 11.6 Å². The zero-order valence-electron chi connectivity index (χ0n) is 13.2. The van der Waals surface area contributed by atoms with Gasteiger partial charge in [0.2, 0.25) is 0 Å². The number of H-pyrrole nitrogens is 1. The normalized spacial score (nSPS) is 26.5. The number of halogens is 1. The number of aromatic amines is 1. The van der Waals surface area contributed by atoms with Crippen molar-refractivity contribution >= 4 is 10.9 Å². The monoisotopic (exact) mass is 314 g/mol. The van der Waals surface area contributed by atoms with E-state index in [9.17, 15) is 9.65 Å². The van der Waals surface area contributed by atoms with E-state index in [2.05, 4.69) is 23.2 Å². The van der Waals surface area contributed by atoms with Crippen molar-refractivity contribution in [1.29, 1.82) is 5.26 Å². The summed E-state index contributed by atoms with van der Waals surface area (Å²) in [5, 5.41) is 16.7. The zero-order valence-corrected chi connectivity index (χ0v) is 13.2. The van der Waals surface area contributed by atoms with Crippen molar-refractivity contribution in [2.24, 2.45) is 11.7 Å². The molecule has 120 valence electrons. The van der Waals surface area contributed by atoms with Gasteiger partial charge in [-0.2, -0.15) is 10.4 Å². The van der Waals surface area contributed by atoms with Crippen molar-refractivity contribution in [3.05, 3.63) is 41.0 Å². The first kappa shape index (κ1) is 15.5. The number of benzene rings is 1. The number of hydrogen-bond acceptors (Lipinski definition) is 4. The molecule has 23 heavy (non-hydrogen) atoms. The van der Waals surface area contributed by atoms with Gasteiger partial charge in [-0.3, -0.25) is 5.10 Å². The van der Waals surface area contributed by atoms with Gasteiger partial charge >= 0.3 is 0 Å². The van der Waals surface area contributed by atoms with Crippen LogP contribution < -0.4 is 5.73 Å². The molecule has 1 aromatic carbocycles. The van der Waals surface area contributed by atoms with Crippen molar-refractivity contribution in [3.63, 3.8) is 0 Å². The third kappa shape index (κ3) is 2.12. The molecular formula is C17H19FN4O. The standard InChI is InChI=1S/C17H19FN4O/c1-10-4-3-5-11(8-19)17(10,23-2)13-6-12(18)7-14-16(13)15(9-20)22-21-14/h6-8,10H,3-5,19H2,1-2H3,(H,21,22)/b11-8+. The molecule has 2 atom stereocenters. The minimum absolute atomic E-state index is 0.0995. The molecule has 2 unspecified atom stereocenters. The Bertz CT molecular complexity index is 820. The number of ether oxygens (including phenoxy) is 1. The minimum atomic E-state index is -0.844. The summed E-state index contributed by atoms with van der Waals surface area (Å²) in [7, 11) is 1.61. The van der Waals surface area contributed by atoms with E-state index in [0.29, 0.717) is 16.5 Å². The Hall–Kier alpha value is -2.39. The lowest BCUT2D eigenvalue weighted by atomic mass is 9.68. The van der Waals surface area contributed by atoms with E-state index >= 15 is 0 Å². The van der Waals surface area contributed by atoms with Gasteiger partial charge in [0.15, 0.2) is 5.69 Å². The van der Waals surface area contributed by atoms with Crippen LogP contribution in [0, 0.1) is 23.1 Å². The second-order valence-electron chi connectivity index (χ2n) is 5.98. The van der Waals surface area contributed by atoms with Gasteiger partial charge in [0.05, 0.1) is 5.52 Å². The minimum Gasteiger partial charge on any atom is -0.405 e. The molecule has 0 spiro atoms. The van der Waals surface area contributed by atoms with Crippen molar-refractivity contribution in [2.75, 3.05) is 7.11 Å². The van der Waals surface area contributed by atoms with Crippen LogP contribution in [0.3, 0.4) is 0 Å². The summed E-state index contributed by atoms with van der Waals surface area (Å²) in [4.78, 5) is 0. The van der Waals surface area contributed by atoms with Gasteiger partial charge in [0, 0.05) is 18.1 Å². The zero-order chi connectivity index (χ0) is 16.6. The molecule has 1 aromatic heterocycles. The van der Waals surface area contributed by atoms with Crippen molar-refractivity contribution in [2.45, 2.75) is 31.8 Å². The molecule has 1 fully saturated rings.